The van der Waals surface area contributed by atoms with Crippen LogP contribution in [-0.4, -0.2) is 0 Å². The molecule has 0 spiro atoms. The van der Waals surface area contributed by atoms with Gasteiger partial charge in [0.2, 0.25) is 0 Å². The fourth-order valence-electron chi connectivity index (χ4n) is 2.59. The van der Waals surface area contributed by atoms with Gasteiger partial charge in [0.15, 0.2) is 0 Å². The highest BCUT2D eigenvalue weighted by Crippen LogP contribution is 2.09. The summed E-state index contributed by atoms with van der Waals surface area (Å²) in [4.78, 5) is 0. The van der Waals surface area contributed by atoms with E-state index in [4.69, 9.17) is 0 Å². The summed E-state index contributed by atoms with van der Waals surface area (Å²) in [5, 5.41) is 0. The second kappa shape index (κ2) is 56.5. The lowest BCUT2D eigenvalue weighted by Crippen LogP contribution is -1.79. The first-order chi connectivity index (χ1) is 14.2. The Bertz CT molecular complexity index is 143. The van der Waals surface area contributed by atoms with Gasteiger partial charge in [0.25, 0.3) is 0 Å². The van der Waals surface area contributed by atoms with Gasteiger partial charge < -0.3 is 0 Å². The van der Waals surface area contributed by atoms with Crippen molar-refractivity contribution in [2.45, 2.75) is 191 Å². The SMILES string of the molecule is CC.CC.CCCC.CCCCCCCCCC.CCCCCCCCCCC. The molecule has 0 rings (SSSR count). The van der Waals surface area contributed by atoms with Crippen LogP contribution < -0.4 is 0 Å². The molecule has 0 heterocycles. The van der Waals surface area contributed by atoms with E-state index in [2.05, 4.69) is 41.5 Å². The van der Waals surface area contributed by atoms with Gasteiger partial charge in [-0.15, -0.1) is 0 Å². The molecule has 0 saturated heterocycles. The molecular weight excluding hydrogens is 348 g/mol. The summed E-state index contributed by atoms with van der Waals surface area (Å²) in [5.74, 6) is 0. The maximum Gasteiger partial charge on any atom is -0.0533 e. The van der Waals surface area contributed by atoms with Crippen molar-refractivity contribution in [2.24, 2.45) is 0 Å². The molecule has 0 bridgehead atoms. The molecule has 0 aromatic rings. The average molecular weight is 417 g/mol. The molecule has 29 heavy (non-hydrogen) atoms. The molecule has 184 valence electrons. The Balaban J connectivity index is -0.0000000979. The van der Waals surface area contributed by atoms with Crippen LogP contribution in [0.2, 0.25) is 0 Å². The lowest BCUT2D eigenvalue weighted by molar-refractivity contribution is 0.572. The normalized spacial score (nSPS) is 8.90. The number of unbranched alkanes of at least 4 members (excludes halogenated alkanes) is 16. The zero-order chi connectivity index (χ0) is 23.4. The van der Waals surface area contributed by atoms with Gasteiger partial charge in [-0.25, -0.2) is 0 Å². The molecule has 0 aromatic carbocycles. The molecule has 0 nitrogen and oxygen atoms in total. The van der Waals surface area contributed by atoms with Crippen LogP contribution in [0.5, 0.6) is 0 Å². The van der Waals surface area contributed by atoms with Crippen molar-refractivity contribution in [1.82, 2.24) is 0 Å². The summed E-state index contributed by atoms with van der Waals surface area (Å²) in [7, 11) is 0. The van der Waals surface area contributed by atoms with Crippen molar-refractivity contribution in [3.05, 3.63) is 0 Å². The first-order valence-corrected chi connectivity index (χ1v) is 14.2. The maximum atomic E-state index is 2.27. The lowest BCUT2D eigenvalue weighted by atomic mass is 10.1. The highest BCUT2D eigenvalue weighted by Gasteiger charge is 1.89. The molecule has 0 radical (unpaired) electrons. The average Bonchev–Trinajstić information content (AvgIpc) is 2.79. The monoisotopic (exact) mass is 417 g/mol. The Hall–Kier alpha value is 0. The lowest BCUT2D eigenvalue weighted by Gasteiger charge is -1.98. The van der Waals surface area contributed by atoms with Gasteiger partial charge >= 0.3 is 0 Å². The molecule has 0 aliphatic rings. The van der Waals surface area contributed by atoms with Crippen LogP contribution in [0.4, 0.5) is 0 Å². The minimum Gasteiger partial charge on any atom is -0.0683 e. The molecular formula is C29H68. The van der Waals surface area contributed by atoms with E-state index in [0.29, 0.717) is 0 Å². The first-order valence-electron chi connectivity index (χ1n) is 14.2. The largest absolute Gasteiger partial charge is 0.0683 e. The van der Waals surface area contributed by atoms with Crippen molar-refractivity contribution >= 4 is 0 Å². The number of hydrogen-bond donors (Lipinski definition) is 0. The van der Waals surface area contributed by atoms with Crippen molar-refractivity contribution in [2.75, 3.05) is 0 Å². The van der Waals surface area contributed by atoms with Gasteiger partial charge in [0.1, 0.15) is 0 Å². The molecule has 0 saturated carbocycles. The zero-order valence-electron chi connectivity index (χ0n) is 23.4. The Labute approximate surface area is 191 Å². The Morgan fingerprint density at radius 1 is 0.207 bits per heavy atom. The second-order valence-corrected chi connectivity index (χ2v) is 7.60. The molecule has 0 unspecified atom stereocenters. The quantitative estimate of drug-likeness (QED) is 0.219. The topological polar surface area (TPSA) is 0 Å². The summed E-state index contributed by atoms with van der Waals surface area (Å²) < 4.78 is 0. The van der Waals surface area contributed by atoms with Crippen LogP contribution in [0.1, 0.15) is 191 Å². The van der Waals surface area contributed by atoms with E-state index in [1.165, 1.54) is 122 Å². The van der Waals surface area contributed by atoms with Crippen molar-refractivity contribution in [3.8, 4) is 0 Å². The highest BCUT2D eigenvalue weighted by atomic mass is 14.0. The van der Waals surface area contributed by atoms with E-state index in [-0.39, 0.29) is 0 Å². The second-order valence-electron chi connectivity index (χ2n) is 7.60. The van der Waals surface area contributed by atoms with Crippen molar-refractivity contribution < 1.29 is 0 Å². The van der Waals surface area contributed by atoms with Gasteiger partial charge in [-0.2, -0.15) is 0 Å². The van der Waals surface area contributed by atoms with Gasteiger partial charge in [0.05, 0.1) is 0 Å². The summed E-state index contributed by atoms with van der Waals surface area (Å²) in [6.07, 6.45) is 27.0. The van der Waals surface area contributed by atoms with Gasteiger partial charge in [-0.3, -0.25) is 0 Å². The summed E-state index contributed by atoms with van der Waals surface area (Å²) in [6.45, 7) is 21.5. The van der Waals surface area contributed by atoms with Gasteiger partial charge in [-0.1, -0.05) is 191 Å². The minimum absolute atomic E-state index is 1.32. The molecule has 0 N–H and O–H groups in total. The molecule has 0 aliphatic carbocycles. The van der Waals surface area contributed by atoms with Crippen LogP contribution in [0, 0.1) is 0 Å². The van der Waals surface area contributed by atoms with Gasteiger partial charge in [0, 0.05) is 0 Å². The van der Waals surface area contributed by atoms with E-state index in [0.717, 1.165) is 0 Å². The van der Waals surface area contributed by atoms with Crippen LogP contribution in [0.3, 0.4) is 0 Å². The number of rotatable bonds is 16. The Morgan fingerprint density at radius 3 is 0.448 bits per heavy atom. The van der Waals surface area contributed by atoms with Gasteiger partial charge in [-0.05, 0) is 0 Å². The Kier molecular flexibility index (Phi) is 77.0. The molecule has 0 fully saturated rings. The fraction of sp³-hybridized carbons (Fsp3) is 1.00. The van der Waals surface area contributed by atoms with E-state index in [9.17, 15) is 0 Å². The minimum atomic E-state index is 1.32. The Morgan fingerprint density at radius 2 is 0.345 bits per heavy atom. The van der Waals surface area contributed by atoms with Crippen molar-refractivity contribution in [1.29, 1.82) is 0 Å². The fourth-order valence-corrected chi connectivity index (χ4v) is 2.59. The summed E-state index contributed by atoms with van der Waals surface area (Å²) in [5.41, 5.74) is 0. The van der Waals surface area contributed by atoms with E-state index in [1.54, 1.807) is 0 Å². The third-order valence-electron chi connectivity index (χ3n) is 4.66. The number of hydrogen-bond acceptors (Lipinski definition) is 0. The van der Waals surface area contributed by atoms with Crippen molar-refractivity contribution in [3.63, 3.8) is 0 Å². The molecule has 0 atom stereocenters. The highest BCUT2D eigenvalue weighted by molar-refractivity contribution is 4.45. The predicted molar refractivity (Wildman–Crippen MR) is 144 cm³/mol. The summed E-state index contributed by atoms with van der Waals surface area (Å²) >= 11 is 0. The zero-order valence-corrected chi connectivity index (χ0v) is 23.4. The third kappa shape index (κ3) is 73.9. The van der Waals surface area contributed by atoms with Crippen LogP contribution >= 0.6 is 0 Å². The molecule has 0 aliphatic heterocycles. The third-order valence-corrected chi connectivity index (χ3v) is 4.66. The first kappa shape index (κ1) is 39.5. The summed E-state index contributed by atoms with van der Waals surface area (Å²) in [6, 6.07) is 0. The van der Waals surface area contributed by atoms with E-state index in [1.807, 2.05) is 27.7 Å². The predicted octanol–water partition coefficient (Wildman–Crippen LogP) is 12.5. The van der Waals surface area contributed by atoms with Crippen LogP contribution in [0.15, 0.2) is 0 Å². The standard InChI is InChI=1S/C11H24.C10H22.C4H10.2C2H6/c1-3-5-7-9-11-10-8-6-4-2;1-3-5-7-9-10-8-6-4-2;1-3-4-2;2*1-2/h3-11H2,1-2H3;3-10H2,1-2H3;3-4H2,1-2H3;2*1-2H3. The maximum absolute atomic E-state index is 2.27. The van der Waals surface area contributed by atoms with Crippen LogP contribution in [0.25, 0.3) is 0 Å². The molecule has 0 heteroatoms. The molecule has 0 aromatic heterocycles. The van der Waals surface area contributed by atoms with E-state index < -0.39 is 0 Å². The molecule has 0 amide bonds. The van der Waals surface area contributed by atoms with Crippen LogP contribution in [-0.2, 0) is 0 Å². The smallest absolute Gasteiger partial charge is 0.0533 e. The van der Waals surface area contributed by atoms with E-state index >= 15 is 0 Å².